The molecule has 20 heavy (non-hydrogen) atoms. The van der Waals surface area contributed by atoms with Crippen molar-refractivity contribution in [2.45, 2.75) is 19.8 Å². The van der Waals surface area contributed by atoms with Gasteiger partial charge in [0.1, 0.15) is 0 Å². The molecule has 0 saturated carbocycles. The van der Waals surface area contributed by atoms with E-state index < -0.39 is 0 Å². The zero-order valence-electron chi connectivity index (χ0n) is 12.0. The Morgan fingerprint density at radius 2 is 2.00 bits per heavy atom. The van der Waals surface area contributed by atoms with Gasteiger partial charge in [-0.05, 0) is 44.0 Å². The maximum Gasteiger partial charge on any atom is 0.330 e. The minimum absolute atomic E-state index is 0.293. The summed E-state index contributed by atoms with van der Waals surface area (Å²) in [7, 11) is 0. The first-order valence-corrected chi connectivity index (χ1v) is 7.22. The molecule has 1 fully saturated rings. The number of rotatable bonds is 6. The highest BCUT2D eigenvalue weighted by Gasteiger charge is 2.11. The molecular formula is C16H22N2O2. The normalized spacial score (nSPS) is 14.8. The van der Waals surface area contributed by atoms with E-state index in [2.05, 4.69) is 34.5 Å². The van der Waals surface area contributed by atoms with Crippen LogP contribution in [-0.2, 0) is 9.53 Å². The fraction of sp³-hybridized carbons (Fsp3) is 0.438. The van der Waals surface area contributed by atoms with Gasteiger partial charge in [-0.25, -0.2) is 4.79 Å². The molecule has 0 amide bonds. The van der Waals surface area contributed by atoms with Crippen LogP contribution in [0.25, 0.3) is 0 Å². The number of hydrogen-bond donors (Lipinski definition) is 1. The standard InChI is InChI=1S/C16H22N2O2/c1-2-20-16(19)6-5-11-17-14-7-9-15(10-8-14)18-12-3-4-13-18/h5-10,17H,2-4,11-13H2,1H3/b6-5+. The predicted octanol–water partition coefficient (Wildman–Crippen LogP) is 2.82. The third kappa shape index (κ3) is 4.30. The molecule has 1 N–H and O–H groups in total. The molecule has 2 rings (SSSR count). The van der Waals surface area contributed by atoms with Crippen LogP contribution in [0.2, 0.25) is 0 Å². The molecular weight excluding hydrogens is 252 g/mol. The molecule has 0 aromatic heterocycles. The van der Waals surface area contributed by atoms with Crippen LogP contribution in [0.5, 0.6) is 0 Å². The number of nitrogens with zero attached hydrogens (tertiary/aromatic N) is 1. The minimum atomic E-state index is -0.293. The zero-order chi connectivity index (χ0) is 14.2. The number of benzene rings is 1. The summed E-state index contributed by atoms with van der Waals surface area (Å²) in [5.41, 5.74) is 2.34. The topological polar surface area (TPSA) is 41.6 Å². The number of hydrogen-bond acceptors (Lipinski definition) is 4. The Labute approximate surface area is 120 Å². The number of carbonyl (C=O) groups excluding carboxylic acids is 1. The van der Waals surface area contributed by atoms with Gasteiger partial charge < -0.3 is 15.0 Å². The molecule has 0 unspecified atom stereocenters. The predicted molar refractivity (Wildman–Crippen MR) is 82.2 cm³/mol. The molecule has 0 spiro atoms. The van der Waals surface area contributed by atoms with Crippen LogP contribution in [0.1, 0.15) is 19.8 Å². The Morgan fingerprint density at radius 1 is 1.30 bits per heavy atom. The molecule has 0 bridgehead atoms. The van der Waals surface area contributed by atoms with E-state index in [9.17, 15) is 4.79 Å². The lowest BCUT2D eigenvalue weighted by molar-refractivity contribution is -0.137. The average Bonchev–Trinajstić information content (AvgIpc) is 2.99. The minimum Gasteiger partial charge on any atom is -0.463 e. The quantitative estimate of drug-likeness (QED) is 0.640. The summed E-state index contributed by atoms with van der Waals surface area (Å²) in [5.74, 6) is -0.293. The summed E-state index contributed by atoms with van der Waals surface area (Å²) >= 11 is 0. The molecule has 1 aliphatic rings. The van der Waals surface area contributed by atoms with Gasteiger partial charge in [-0.15, -0.1) is 0 Å². The number of anilines is 2. The van der Waals surface area contributed by atoms with Crippen molar-refractivity contribution in [1.29, 1.82) is 0 Å². The molecule has 1 aromatic rings. The number of nitrogens with one attached hydrogen (secondary N) is 1. The molecule has 0 atom stereocenters. The third-order valence-electron chi connectivity index (χ3n) is 3.30. The van der Waals surface area contributed by atoms with Gasteiger partial charge in [0.15, 0.2) is 0 Å². The van der Waals surface area contributed by atoms with Crippen molar-refractivity contribution in [3.05, 3.63) is 36.4 Å². The van der Waals surface area contributed by atoms with Crippen molar-refractivity contribution >= 4 is 17.3 Å². The Kier molecular flexibility index (Phi) is 5.47. The Hall–Kier alpha value is -1.97. The fourth-order valence-corrected chi connectivity index (χ4v) is 2.29. The van der Waals surface area contributed by atoms with E-state index in [1.807, 2.05) is 0 Å². The average molecular weight is 274 g/mol. The highest BCUT2D eigenvalue weighted by Crippen LogP contribution is 2.21. The van der Waals surface area contributed by atoms with Gasteiger partial charge >= 0.3 is 5.97 Å². The Morgan fingerprint density at radius 3 is 2.65 bits per heavy atom. The van der Waals surface area contributed by atoms with Crippen LogP contribution < -0.4 is 10.2 Å². The summed E-state index contributed by atoms with van der Waals surface area (Å²) in [6.07, 6.45) is 5.80. The van der Waals surface area contributed by atoms with E-state index in [0.717, 1.165) is 18.8 Å². The monoisotopic (exact) mass is 274 g/mol. The second kappa shape index (κ2) is 7.58. The molecule has 1 heterocycles. The summed E-state index contributed by atoms with van der Waals surface area (Å²) in [5, 5.41) is 3.25. The molecule has 4 nitrogen and oxygen atoms in total. The molecule has 108 valence electrons. The van der Waals surface area contributed by atoms with Crippen LogP contribution in [0, 0.1) is 0 Å². The molecule has 1 aliphatic heterocycles. The highest BCUT2D eigenvalue weighted by atomic mass is 16.5. The van der Waals surface area contributed by atoms with E-state index in [1.165, 1.54) is 24.6 Å². The van der Waals surface area contributed by atoms with Gasteiger partial charge in [0.2, 0.25) is 0 Å². The Balaban J connectivity index is 1.77. The van der Waals surface area contributed by atoms with E-state index in [0.29, 0.717) is 13.2 Å². The molecule has 1 saturated heterocycles. The van der Waals surface area contributed by atoms with E-state index in [-0.39, 0.29) is 5.97 Å². The summed E-state index contributed by atoms with van der Waals surface area (Å²) in [6.45, 7) is 5.15. The number of carbonyl (C=O) groups is 1. The molecule has 4 heteroatoms. The van der Waals surface area contributed by atoms with Gasteiger partial charge in [0.25, 0.3) is 0 Å². The summed E-state index contributed by atoms with van der Waals surface area (Å²) in [6, 6.07) is 8.43. The van der Waals surface area contributed by atoms with E-state index in [1.54, 1.807) is 13.0 Å². The first-order chi connectivity index (χ1) is 9.79. The van der Waals surface area contributed by atoms with Crippen LogP contribution in [0.3, 0.4) is 0 Å². The molecule has 0 aliphatic carbocycles. The first kappa shape index (κ1) is 14.4. The first-order valence-electron chi connectivity index (χ1n) is 7.22. The SMILES string of the molecule is CCOC(=O)/C=C/CNc1ccc(N2CCCC2)cc1. The van der Waals surface area contributed by atoms with Gasteiger partial charge in [0, 0.05) is 37.1 Å². The largest absolute Gasteiger partial charge is 0.463 e. The van der Waals surface area contributed by atoms with Crippen molar-refractivity contribution in [3.63, 3.8) is 0 Å². The second-order valence-corrected chi connectivity index (χ2v) is 4.78. The summed E-state index contributed by atoms with van der Waals surface area (Å²) in [4.78, 5) is 13.5. The smallest absolute Gasteiger partial charge is 0.330 e. The lowest BCUT2D eigenvalue weighted by Gasteiger charge is -2.17. The van der Waals surface area contributed by atoms with Gasteiger partial charge in [-0.1, -0.05) is 6.08 Å². The van der Waals surface area contributed by atoms with Crippen molar-refractivity contribution < 1.29 is 9.53 Å². The van der Waals surface area contributed by atoms with Crippen LogP contribution in [-0.4, -0.2) is 32.2 Å². The van der Waals surface area contributed by atoms with Crippen molar-refractivity contribution in [1.82, 2.24) is 0 Å². The summed E-state index contributed by atoms with van der Waals surface area (Å²) < 4.78 is 4.81. The second-order valence-electron chi connectivity index (χ2n) is 4.78. The van der Waals surface area contributed by atoms with Crippen molar-refractivity contribution in [2.24, 2.45) is 0 Å². The van der Waals surface area contributed by atoms with E-state index >= 15 is 0 Å². The third-order valence-corrected chi connectivity index (χ3v) is 3.30. The van der Waals surface area contributed by atoms with Gasteiger partial charge in [-0.3, -0.25) is 0 Å². The van der Waals surface area contributed by atoms with Crippen molar-refractivity contribution in [3.8, 4) is 0 Å². The van der Waals surface area contributed by atoms with Gasteiger partial charge in [0.05, 0.1) is 6.61 Å². The van der Waals surface area contributed by atoms with Gasteiger partial charge in [-0.2, -0.15) is 0 Å². The Bertz CT molecular complexity index is 448. The van der Waals surface area contributed by atoms with Crippen LogP contribution >= 0.6 is 0 Å². The van der Waals surface area contributed by atoms with E-state index in [4.69, 9.17) is 4.74 Å². The zero-order valence-corrected chi connectivity index (χ0v) is 12.0. The lowest BCUT2D eigenvalue weighted by Crippen LogP contribution is -2.17. The highest BCUT2D eigenvalue weighted by molar-refractivity contribution is 5.81. The number of esters is 1. The lowest BCUT2D eigenvalue weighted by atomic mass is 10.2. The number of ether oxygens (including phenoxy) is 1. The molecule has 1 aromatic carbocycles. The molecule has 0 radical (unpaired) electrons. The maximum atomic E-state index is 11.1. The fourth-order valence-electron chi connectivity index (χ4n) is 2.29. The van der Waals surface area contributed by atoms with Crippen LogP contribution in [0.15, 0.2) is 36.4 Å². The van der Waals surface area contributed by atoms with Crippen molar-refractivity contribution in [2.75, 3.05) is 36.5 Å². The van der Waals surface area contributed by atoms with Crippen LogP contribution in [0.4, 0.5) is 11.4 Å². The maximum absolute atomic E-state index is 11.1.